The Kier molecular flexibility index (Phi) is 4.55. The van der Waals surface area contributed by atoms with Crippen molar-refractivity contribution >= 4 is 11.9 Å². The Hall–Kier alpha value is -1.10. The molecule has 1 rings (SSSR count). The maximum absolute atomic E-state index is 10.8. The SMILES string of the molecule is CC(=O)NC(CCN1CCCC1)C(=O)O. The molecular weight excluding hydrogens is 196 g/mol. The quantitative estimate of drug-likeness (QED) is 0.679. The highest BCUT2D eigenvalue weighted by atomic mass is 16.4. The van der Waals surface area contributed by atoms with Crippen LogP contribution in [0.15, 0.2) is 0 Å². The van der Waals surface area contributed by atoms with Crippen LogP contribution in [-0.4, -0.2) is 47.6 Å². The van der Waals surface area contributed by atoms with Gasteiger partial charge in [0.25, 0.3) is 0 Å². The van der Waals surface area contributed by atoms with Crippen molar-refractivity contribution in [3.8, 4) is 0 Å². The lowest BCUT2D eigenvalue weighted by atomic mass is 10.2. The molecule has 1 unspecified atom stereocenters. The van der Waals surface area contributed by atoms with E-state index in [1.165, 1.54) is 19.8 Å². The molecule has 0 aromatic rings. The van der Waals surface area contributed by atoms with E-state index in [0.717, 1.165) is 19.6 Å². The number of likely N-dealkylation sites (tertiary alicyclic amines) is 1. The average molecular weight is 214 g/mol. The number of carboxylic acids is 1. The van der Waals surface area contributed by atoms with Crippen molar-refractivity contribution in [1.29, 1.82) is 0 Å². The molecule has 0 aliphatic carbocycles. The number of aliphatic carboxylic acids is 1. The molecule has 0 saturated carbocycles. The van der Waals surface area contributed by atoms with Gasteiger partial charge in [-0.05, 0) is 32.4 Å². The number of hydrogen-bond donors (Lipinski definition) is 2. The number of rotatable bonds is 5. The maximum atomic E-state index is 10.8. The van der Waals surface area contributed by atoms with E-state index in [1.807, 2.05) is 0 Å². The molecule has 0 aromatic heterocycles. The Labute approximate surface area is 89.4 Å². The topological polar surface area (TPSA) is 69.6 Å². The van der Waals surface area contributed by atoms with Crippen LogP contribution in [0, 0.1) is 0 Å². The fourth-order valence-corrected chi connectivity index (χ4v) is 1.82. The highest BCUT2D eigenvalue weighted by molar-refractivity contribution is 5.81. The highest BCUT2D eigenvalue weighted by Crippen LogP contribution is 2.08. The van der Waals surface area contributed by atoms with Crippen molar-refractivity contribution in [2.24, 2.45) is 0 Å². The second-order valence-corrected chi connectivity index (χ2v) is 3.93. The predicted molar refractivity (Wildman–Crippen MR) is 55.5 cm³/mol. The number of carbonyl (C=O) groups is 2. The highest BCUT2D eigenvalue weighted by Gasteiger charge is 2.20. The van der Waals surface area contributed by atoms with E-state index >= 15 is 0 Å². The Bertz CT molecular complexity index is 237. The third-order valence-corrected chi connectivity index (χ3v) is 2.61. The molecule has 0 aromatic carbocycles. The normalized spacial score (nSPS) is 18.7. The first-order valence-electron chi connectivity index (χ1n) is 5.32. The van der Waals surface area contributed by atoms with Crippen LogP contribution in [0.3, 0.4) is 0 Å². The Morgan fingerprint density at radius 1 is 1.40 bits per heavy atom. The van der Waals surface area contributed by atoms with Crippen molar-refractivity contribution in [3.05, 3.63) is 0 Å². The summed E-state index contributed by atoms with van der Waals surface area (Å²) in [5.74, 6) is -1.24. The van der Waals surface area contributed by atoms with Crippen LogP contribution in [0.4, 0.5) is 0 Å². The Balaban J connectivity index is 2.30. The molecule has 1 saturated heterocycles. The zero-order chi connectivity index (χ0) is 11.3. The first-order chi connectivity index (χ1) is 7.09. The molecule has 1 fully saturated rings. The fourth-order valence-electron chi connectivity index (χ4n) is 1.82. The average Bonchev–Trinajstić information content (AvgIpc) is 2.63. The predicted octanol–water partition coefficient (Wildman–Crippen LogP) is 0.0616. The Morgan fingerprint density at radius 2 is 2.00 bits per heavy atom. The number of carbonyl (C=O) groups excluding carboxylic acids is 1. The molecule has 1 heterocycles. The largest absolute Gasteiger partial charge is 0.480 e. The lowest BCUT2D eigenvalue weighted by Crippen LogP contribution is -2.41. The Morgan fingerprint density at radius 3 is 2.47 bits per heavy atom. The molecule has 2 N–H and O–H groups in total. The molecule has 1 aliphatic rings. The molecule has 86 valence electrons. The van der Waals surface area contributed by atoms with E-state index in [0.29, 0.717) is 6.42 Å². The molecule has 0 bridgehead atoms. The number of hydrogen-bond acceptors (Lipinski definition) is 3. The van der Waals surface area contributed by atoms with Gasteiger partial charge in [-0.3, -0.25) is 4.79 Å². The minimum absolute atomic E-state index is 0.288. The van der Waals surface area contributed by atoms with Crippen molar-refractivity contribution in [2.75, 3.05) is 19.6 Å². The summed E-state index contributed by atoms with van der Waals surface area (Å²) in [6.07, 6.45) is 2.87. The first kappa shape index (κ1) is 12.0. The van der Waals surface area contributed by atoms with Crippen LogP contribution >= 0.6 is 0 Å². The lowest BCUT2D eigenvalue weighted by molar-refractivity contribution is -0.141. The molecule has 15 heavy (non-hydrogen) atoms. The monoisotopic (exact) mass is 214 g/mol. The van der Waals surface area contributed by atoms with Gasteiger partial charge < -0.3 is 15.3 Å². The van der Waals surface area contributed by atoms with Crippen LogP contribution in [0.5, 0.6) is 0 Å². The third kappa shape index (κ3) is 4.29. The summed E-state index contributed by atoms with van der Waals surface area (Å²) in [4.78, 5) is 23.8. The molecule has 0 radical (unpaired) electrons. The summed E-state index contributed by atoms with van der Waals surface area (Å²) in [5.41, 5.74) is 0. The summed E-state index contributed by atoms with van der Waals surface area (Å²) in [5, 5.41) is 11.3. The summed E-state index contributed by atoms with van der Waals surface area (Å²) in [7, 11) is 0. The first-order valence-corrected chi connectivity index (χ1v) is 5.32. The van der Waals surface area contributed by atoms with Gasteiger partial charge in [0.2, 0.25) is 5.91 Å². The van der Waals surface area contributed by atoms with Crippen LogP contribution < -0.4 is 5.32 Å². The van der Waals surface area contributed by atoms with Crippen molar-refractivity contribution < 1.29 is 14.7 Å². The van der Waals surface area contributed by atoms with E-state index in [-0.39, 0.29) is 5.91 Å². The summed E-state index contributed by atoms with van der Waals surface area (Å²) < 4.78 is 0. The van der Waals surface area contributed by atoms with Crippen LogP contribution in [0.2, 0.25) is 0 Å². The van der Waals surface area contributed by atoms with Crippen LogP contribution in [-0.2, 0) is 9.59 Å². The zero-order valence-electron chi connectivity index (χ0n) is 9.03. The second kappa shape index (κ2) is 5.70. The minimum atomic E-state index is -0.954. The number of carboxylic acid groups (broad SMARTS) is 1. The fraction of sp³-hybridized carbons (Fsp3) is 0.800. The van der Waals surface area contributed by atoms with Gasteiger partial charge in [0.05, 0.1) is 0 Å². The molecule has 0 spiro atoms. The molecule has 1 atom stereocenters. The van der Waals surface area contributed by atoms with E-state index in [9.17, 15) is 9.59 Å². The van der Waals surface area contributed by atoms with Crippen LogP contribution in [0.25, 0.3) is 0 Å². The van der Waals surface area contributed by atoms with Gasteiger partial charge in [-0.1, -0.05) is 0 Å². The van der Waals surface area contributed by atoms with Gasteiger partial charge in [-0.15, -0.1) is 0 Å². The summed E-state index contributed by atoms with van der Waals surface area (Å²) in [6.45, 7) is 4.18. The van der Waals surface area contributed by atoms with Crippen LogP contribution in [0.1, 0.15) is 26.2 Å². The zero-order valence-corrected chi connectivity index (χ0v) is 9.03. The van der Waals surface area contributed by atoms with Crippen molar-refractivity contribution in [1.82, 2.24) is 10.2 Å². The molecule has 1 amide bonds. The minimum Gasteiger partial charge on any atom is -0.480 e. The van der Waals surface area contributed by atoms with E-state index < -0.39 is 12.0 Å². The van der Waals surface area contributed by atoms with Crippen molar-refractivity contribution in [3.63, 3.8) is 0 Å². The van der Waals surface area contributed by atoms with Crippen molar-refractivity contribution in [2.45, 2.75) is 32.2 Å². The van der Waals surface area contributed by atoms with Gasteiger partial charge in [0.1, 0.15) is 6.04 Å². The maximum Gasteiger partial charge on any atom is 0.326 e. The van der Waals surface area contributed by atoms with E-state index in [2.05, 4.69) is 10.2 Å². The smallest absolute Gasteiger partial charge is 0.326 e. The van der Waals surface area contributed by atoms with Gasteiger partial charge in [0.15, 0.2) is 0 Å². The number of nitrogens with one attached hydrogen (secondary N) is 1. The van der Waals surface area contributed by atoms with Gasteiger partial charge >= 0.3 is 5.97 Å². The number of amides is 1. The van der Waals surface area contributed by atoms with E-state index in [1.54, 1.807) is 0 Å². The summed E-state index contributed by atoms with van der Waals surface area (Å²) in [6, 6.07) is -0.747. The van der Waals surface area contributed by atoms with Gasteiger partial charge in [0, 0.05) is 13.5 Å². The molecular formula is C10H18N2O3. The molecule has 5 heteroatoms. The number of nitrogens with zero attached hydrogens (tertiary/aromatic N) is 1. The van der Waals surface area contributed by atoms with E-state index in [4.69, 9.17) is 5.11 Å². The van der Waals surface area contributed by atoms with Gasteiger partial charge in [-0.2, -0.15) is 0 Å². The molecule has 5 nitrogen and oxygen atoms in total. The molecule has 1 aliphatic heterocycles. The lowest BCUT2D eigenvalue weighted by Gasteiger charge is -2.18. The third-order valence-electron chi connectivity index (χ3n) is 2.61. The van der Waals surface area contributed by atoms with Gasteiger partial charge in [-0.25, -0.2) is 4.79 Å². The summed E-state index contributed by atoms with van der Waals surface area (Å²) >= 11 is 0. The second-order valence-electron chi connectivity index (χ2n) is 3.93. The standard InChI is InChI=1S/C10H18N2O3/c1-8(13)11-9(10(14)15)4-7-12-5-2-3-6-12/h9H,2-7H2,1H3,(H,11,13)(H,14,15).